The summed E-state index contributed by atoms with van der Waals surface area (Å²) in [6.07, 6.45) is 6.93. The molecule has 0 aromatic rings. The van der Waals surface area contributed by atoms with E-state index in [0.717, 1.165) is 0 Å². The van der Waals surface area contributed by atoms with Crippen molar-refractivity contribution in [3.8, 4) is 12.3 Å². The Morgan fingerprint density at radius 3 is 2.91 bits per heavy atom. The Kier molecular flexibility index (Phi) is 4.89. The molecule has 0 fully saturated rings. The van der Waals surface area contributed by atoms with E-state index in [4.69, 9.17) is 11.3 Å². The Labute approximate surface area is 66.6 Å². The third-order valence-electron chi connectivity index (χ3n) is 0.965. The van der Waals surface area contributed by atoms with E-state index in [-0.39, 0.29) is 12.8 Å². The van der Waals surface area contributed by atoms with Gasteiger partial charge in [-0.05, 0) is 6.42 Å². The Morgan fingerprint density at radius 2 is 2.45 bits per heavy atom. The lowest BCUT2D eigenvalue weighted by Gasteiger charge is -2.07. The van der Waals surface area contributed by atoms with Crippen LogP contribution in [0.25, 0.3) is 0 Å². The Hall–Kier alpha value is -0.550. The fourth-order valence-electron chi connectivity index (χ4n) is 0.457. The fourth-order valence-corrected chi connectivity index (χ4v) is 1.37. The van der Waals surface area contributed by atoms with Crippen LogP contribution in [-0.4, -0.2) is 17.7 Å². The monoisotopic (exact) mass is 174 g/mol. The van der Waals surface area contributed by atoms with Crippen molar-refractivity contribution in [3.63, 3.8) is 0 Å². The molecule has 0 aliphatic carbocycles. The minimum Gasteiger partial charge on any atom is -0.324 e. The number of hydrogen-bond donors (Lipinski definition) is 1. The van der Waals surface area contributed by atoms with Crippen LogP contribution in [0.4, 0.5) is 0 Å². The highest BCUT2D eigenvalue weighted by Gasteiger charge is 2.16. The van der Waals surface area contributed by atoms with Crippen molar-refractivity contribution in [3.05, 3.63) is 12.7 Å². The second-order valence-electron chi connectivity index (χ2n) is 1.92. The van der Waals surface area contributed by atoms with E-state index in [0.29, 0.717) is 6.42 Å². The standard InChI is InChI=1S/C7H11O3P/c1-3-5-7-11(8,9)10-6-4-2/h2-3H,1,5-7H2,(H,8,9). The second-order valence-corrected chi connectivity index (χ2v) is 3.90. The maximum Gasteiger partial charge on any atom is 0.329 e. The predicted molar refractivity (Wildman–Crippen MR) is 44.3 cm³/mol. The quantitative estimate of drug-likeness (QED) is 0.389. The highest BCUT2D eigenvalue weighted by Crippen LogP contribution is 2.41. The van der Waals surface area contributed by atoms with Gasteiger partial charge in [-0.3, -0.25) is 9.09 Å². The summed E-state index contributed by atoms with van der Waals surface area (Å²) in [5, 5.41) is 0. The van der Waals surface area contributed by atoms with E-state index >= 15 is 0 Å². The molecule has 3 nitrogen and oxygen atoms in total. The summed E-state index contributed by atoms with van der Waals surface area (Å²) < 4.78 is 15.4. The first-order chi connectivity index (χ1) is 5.12. The van der Waals surface area contributed by atoms with Gasteiger partial charge in [-0.1, -0.05) is 12.0 Å². The van der Waals surface area contributed by atoms with Gasteiger partial charge in [-0.15, -0.1) is 13.0 Å². The van der Waals surface area contributed by atoms with Crippen molar-refractivity contribution < 1.29 is 14.0 Å². The summed E-state index contributed by atoms with van der Waals surface area (Å²) in [4.78, 5) is 8.97. The van der Waals surface area contributed by atoms with E-state index < -0.39 is 7.60 Å². The molecule has 0 aliphatic heterocycles. The lowest BCUT2D eigenvalue weighted by atomic mass is 10.5. The van der Waals surface area contributed by atoms with Gasteiger partial charge in [-0.2, -0.15) is 0 Å². The van der Waals surface area contributed by atoms with Crippen molar-refractivity contribution in [2.45, 2.75) is 6.42 Å². The molecule has 1 N–H and O–H groups in total. The van der Waals surface area contributed by atoms with Crippen LogP contribution in [0.15, 0.2) is 12.7 Å². The minimum absolute atomic E-state index is 0.0815. The molecule has 0 aromatic carbocycles. The molecule has 1 atom stereocenters. The largest absolute Gasteiger partial charge is 0.329 e. The average molecular weight is 174 g/mol. The lowest BCUT2D eigenvalue weighted by Crippen LogP contribution is -1.93. The summed E-state index contributed by atoms with van der Waals surface area (Å²) >= 11 is 0. The molecular formula is C7H11O3P. The molecule has 11 heavy (non-hydrogen) atoms. The van der Waals surface area contributed by atoms with Crippen molar-refractivity contribution >= 4 is 7.60 Å². The van der Waals surface area contributed by atoms with Crippen LogP contribution in [0, 0.1) is 12.3 Å². The number of rotatable bonds is 5. The minimum atomic E-state index is -3.44. The third-order valence-corrected chi connectivity index (χ3v) is 2.32. The highest BCUT2D eigenvalue weighted by atomic mass is 31.2. The fraction of sp³-hybridized carbons (Fsp3) is 0.429. The first-order valence-corrected chi connectivity index (χ1v) is 4.89. The second kappa shape index (κ2) is 5.15. The van der Waals surface area contributed by atoms with Gasteiger partial charge in [0, 0.05) is 0 Å². The first-order valence-electron chi connectivity index (χ1n) is 3.13. The van der Waals surface area contributed by atoms with E-state index in [1.54, 1.807) is 6.08 Å². The SMILES string of the molecule is C#CCOP(=O)(O)CCC=C. The van der Waals surface area contributed by atoms with Crippen LogP contribution in [0.5, 0.6) is 0 Å². The topological polar surface area (TPSA) is 46.5 Å². The van der Waals surface area contributed by atoms with E-state index in [1.807, 2.05) is 0 Å². The van der Waals surface area contributed by atoms with Crippen LogP contribution >= 0.6 is 7.60 Å². The Morgan fingerprint density at radius 1 is 1.82 bits per heavy atom. The Bertz CT molecular complexity index is 204. The average Bonchev–Trinajstić information content (AvgIpc) is 1.97. The summed E-state index contributed by atoms with van der Waals surface area (Å²) in [5.41, 5.74) is 0. The van der Waals surface area contributed by atoms with Gasteiger partial charge >= 0.3 is 7.60 Å². The van der Waals surface area contributed by atoms with Gasteiger partial charge in [0.25, 0.3) is 0 Å². The molecule has 0 spiro atoms. The van der Waals surface area contributed by atoms with Gasteiger partial charge in [0.15, 0.2) is 0 Å². The van der Waals surface area contributed by atoms with Crippen LogP contribution < -0.4 is 0 Å². The molecule has 0 heterocycles. The molecule has 4 heteroatoms. The predicted octanol–water partition coefficient (Wildman–Crippen LogP) is 1.40. The Balaban J connectivity index is 3.72. The molecule has 0 rings (SSSR count). The van der Waals surface area contributed by atoms with Crippen LogP contribution in [0.1, 0.15) is 6.42 Å². The maximum absolute atomic E-state index is 10.9. The molecule has 0 saturated carbocycles. The zero-order chi connectivity index (χ0) is 8.74. The molecule has 0 aromatic heterocycles. The van der Waals surface area contributed by atoms with E-state index in [2.05, 4.69) is 17.0 Å². The normalized spacial score (nSPS) is 14.9. The number of terminal acetylenes is 1. The molecule has 0 saturated heterocycles. The summed E-state index contributed by atoms with van der Waals surface area (Å²) in [6, 6.07) is 0. The zero-order valence-corrected chi connectivity index (χ0v) is 7.09. The van der Waals surface area contributed by atoms with E-state index in [9.17, 15) is 4.57 Å². The van der Waals surface area contributed by atoms with Gasteiger partial charge in [0.1, 0.15) is 6.61 Å². The van der Waals surface area contributed by atoms with Crippen LogP contribution in [0.3, 0.4) is 0 Å². The lowest BCUT2D eigenvalue weighted by molar-refractivity contribution is 0.292. The smallest absolute Gasteiger partial charge is 0.324 e. The van der Waals surface area contributed by atoms with Gasteiger partial charge < -0.3 is 4.89 Å². The van der Waals surface area contributed by atoms with Gasteiger partial charge in [-0.25, -0.2) is 0 Å². The number of hydrogen-bond acceptors (Lipinski definition) is 2. The third kappa shape index (κ3) is 5.87. The van der Waals surface area contributed by atoms with Gasteiger partial charge in [0.2, 0.25) is 0 Å². The molecule has 0 radical (unpaired) electrons. The van der Waals surface area contributed by atoms with E-state index in [1.165, 1.54) is 0 Å². The molecule has 0 bridgehead atoms. The molecule has 0 amide bonds. The molecule has 62 valence electrons. The van der Waals surface area contributed by atoms with Crippen molar-refractivity contribution in [2.75, 3.05) is 12.8 Å². The van der Waals surface area contributed by atoms with Crippen molar-refractivity contribution in [1.82, 2.24) is 0 Å². The summed E-state index contributed by atoms with van der Waals surface area (Å²) in [7, 11) is -3.44. The van der Waals surface area contributed by atoms with Gasteiger partial charge in [0.05, 0.1) is 6.16 Å². The van der Waals surface area contributed by atoms with Crippen LogP contribution in [-0.2, 0) is 9.09 Å². The maximum atomic E-state index is 10.9. The van der Waals surface area contributed by atoms with Crippen molar-refractivity contribution in [1.29, 1.82) is 0 Å². The molecular weight excluding hydrogens is 163 g/mol. The molecule has 1 unspecified atom stereocenters. The summed E-state index contributed by atoms with van der Waals surface area (Å²) in [6.45, 7) is 3.30. The van der Waals surface area contributed by atoms with Crippen LogP contribution in [0.2, 0.25) is 0 Å². The molecule has 0 aliphatic rings. The summed E-state index contributed by atoms with van der Waals surface area (Å²) in [5.74, 6) is 2.12. The zero-order valence-electron chi connectivity index (χ0n) is 6.19. The number of allylic oxidation sites excluding steroid dienone is 1. The van der Waals surface area contributed by atoms with Crippen molar-refractivity contribution in [2.24, 2.45) is 0 Å². The highest BCUT2D eigenvalue weighted by molar-refractivity contribution is 7.52. The first kappa shape index (κ1) is 10.4.